The van der Waals surface area contributed by atoms with Crippen LogP contribution in [0, 0.1) is 0 Å². The monoisotopic (exact) mass is 468 g/mol. The maximum Gasteiger partial charge on any atom is 0.258 e. The van der Waals surface area contributed by atoms with Crippen molar-refractivity contribution in [1.82, 2.24) is 10.0 Å². The molecule has 0 fully saturated rings. The van der Waals surface area contributed by atoms with Gasteiger partial charge in [0.15, 0.2) is 6.61 Å². The predicted molar refractivity (Wildman–Crippen MR) is 113 cm³/mol. The summed E-state index contributed by atoms with van der Waals surface area (Å²) in [6, 6.07) is 13.6. The number of nitrogens with one attached hydrogen (secondary N) is 2. The van der Waals surface area contributed by atoms with Crippen molar-refractivity contribution in [2.45, 2.75) is 37.6 Å². The van der Waals surface area contributed by atoms with E-state index in [9.17, 15) is 13.2 Å². The van der Waals surface area contributed by atoms with Gasteiger partial charge in [0, 0.05) is 11.0 Å². The molecule has 1 atom stereocenters. The van der Waals surface area contributed by atoms with Crippen LogP contribution >= 0.6 is 15.9 Å². The van der Waals surface area contributed by atoms with E-state index < -0.39 is 10.0 Å². The minimum Gasteiger partial charge on any atom is -0.484 e. The molecule has 0 unspecified atom stereocenters. The predicted octanol–water partition coefficient (Wildman–Crippen LogP) is 3.78. The van der Waals surface area contributed by atoms with Crippen molar-refractivity contribution in [2.24, 2.45) is 0 Å². The highest BCUT2D eigenvalue weighted by Gasteiger charge is 2.14. The average molecular weight is 469 g/mol. The molecule has 0 spiro atoms. The minimum absolute atomic E-state index is 0.147. The van der Waals surface area contributed by atoms with Crippen LogP contribution in [0.5, 0.6) is 5.75 Å². The van der Waals surface area contributed by atoms with Gasteiger partial charge < -0.3 is 10.1 Å². The molecule has 0 aliphatic rings. The molecule has 6 nitrogen and oxygen atoms in total. The van der Waals surface area contributed by atoms with Crippen molar-refractivity contribution >= 4 is 31.9 Å². The molecule has 0 saturated carbocycles. The molecule has 0 heterocycles. The Morgan fingerprint density at radius 1 is 1.11 bits per heavy atom. The van der Waals surface area contributed by atoms with Gasteiger partial charge in [0.05, 0.1) is 10.9 Å². The molecule has 2 N–H and O–H groups in total. The highest BCUT2D eigenvalue weighted by molar-refractivity contribution is 9.10. The van der Waals surface area contributed by atoms with Gasteiger partial charge in [-0.05, 0) is 55.3 Å². The quantitative estimate of drug-likeness (QED) is 0.519. The molecule has 0 bridgehead atoms. The fourth-order valence-electron chi connectivity index (χ4n) is 2.45. The molecular weight excluding hydrogens is 444 g/mol. The largest absolute Gasteiger partial charge is 0.484 e. The van der Waals surface area contributed by atoms with Crippen LogP contribution in [-0.4, -0.2) is 27.5 Å². The number of halogens is 1. The highest BCUT2D eigenvalue weighted by Crippen LogP contribution is 2.18. The first-order chi connectivity index (χ1) is 13.3. The van der Waals surface area contributed by atoms with Crippen molar-refractivity contribution in [3.05, 3.63) is 58.6 Å². The minimum atomic E-state index is -3.52. The second-order valence-corrected chi connectivity index (χ2v) is 9.03. The summed E-state index contributed by atoms with van der Waals surface area (Å²) in [7, 11) is -3.52. The van der Waals surface area contributed by atoms with Gasteiger partial charge in [-0.1, -0.05) is 41.4 Å². The number of hydrogen-bond donors (Lipinski definition) is 2. The summed E-state index contributed by atoms with van der Waals surface area (Å²) >= 11 is 3.38. The van der Waals surface area contributed by atoms with Crippen molar-refractivity contribution in [2.75, 3.05) is 13.2 Å². The summed E-state index contributed by atoms with van der Waals surface area (Å²) in [5.74, 6) is 0.173. The Morgan fingerprint density at radius 2 is 1.75 bits per heavy atom. The Labute approximate surface area is 174 Å². The van der Waals surface area contributed by atoms with Gasteiger partial charge in [-0.25, -0.2) is 13.1 Å². The number of carbonyl (C=O) groups is 1. The molecule has 152 valence electrons. The highest BCUT2D eigenvalue weighted by atomic mass is 79.9. The summed E-state index contributed by atoms with van der Waals surface area (Å²) in [6.07, 6.45) is 1.70. The molecular formula is C20H25BrN2O4S. The molecule has 8 heteroatoms. The van der Waals surface area contributed by atoms with Crippen LogP contribution in [0.1, 0.15) is 38.3 Å². The summed E-state index contributed by atoms with van der Waals surface area (Å²) < 4.78 is 33.3. The molecule has 1 amide bonds. The summed E-state index contributed by atoms with van der Waals surface area (Å²) in [4.78, 5) is 12.3. The number of hydrogen-bond acceptors (Lipinski definition) is 4. The number of benzene rings is 2. The molecule has 0 saturated heterocycles. The van der Waals surface area contributed by atoms with Crippen LogP contribution < -0.4 is 14.8 Å². The number of unbranched alkanes of at least 4 members (excludes halogenated alkanes) is 1. The van der Waals surface area contributed by atoms with E-state index >= 15 is 0 Å². The first-order valence-electron chi connectivity index (χ1n) is 9.09. The third-order valence-electron chi connectivity index (χ3n) is 4.07. The lowest BCUT2D eigenvalue weighted by Gasteiger charge is -2.15. The van der Waals surface area contributed by atoms with Gasteiger partial charge in [-0.3, -0.25) is 4.79 Å². The molecule has 2 rings (SSSR count). The SMILES string of the molecule is CCCCNS(=O)(=O)c1ccc(OCC(=O)N[C@H](C)c2ccc(Br)cc2)cc1. The zero-order chi connectivity index (χ0) is 20.6. The maximum atomic E-state index is 12.1. The molecule has 0 aromatic heterocycles. The van der Waals surface area contributed by atoms with Gasteiger partial charge in [0.2, 0.25) is 10.0 Å². The van der Waals surface area contributed by atoms with Crippen LogP contribution in [0.2, 0.25) is 0 Å². The third kappa shape index (κ3) is 6.92. The fraction of sp³-hybridized carbons (Fsp3) is 0.350. The Hall–Kier alpha value is -1.90. The smallest absolute Gasteiger partial charge is 0.258 e. The van der Waals surface area contributed by atoms with E-state index in [1.165, 1.54) is 12.1 Å². The van der Waals surface area contributed by atoms with Crippen LogP contribution in [0.15, 0.2) is 57.9 Å². The van der Waals surface area contributed by atoms with Crippen molar-refractivity contribution in [3.63, 3.8) is 0 Å². The second-order valence-electron chi connectivity index (χ2n) is 6.35. The zero-order valence-corrected chi connectivity index (χ0v) is 18.3. The standard InChI is InChI=1S/C20H25BrN2O4S/c1-3-4-13-22-28(25,26)19-11-9-18(10-12-19)27-14-20(24)23-15(2)16-5-7-17(21)8-6-16/h5-12,15,22H,3-4,13-14H2,1-2H3,(H,23,24)/t15-/m1/s1. The van der Waals surface area contributed by atoms with E-state index in [4.69, 9.17) is 4.74 Å². The Kier molecular flexibility index (Phi) is 8.47. The van der Waals surface area contributed by atoms with E-state index in [0.717, 1.165) is 22.9 Å². The lowest BCUT2D eigenvalue weighted by atomic mass is 10.1. The van der Waals surface area contributed by atoms with Crippen molar-refractivity contribution in [3.8, 4) is 5.75 Å². The second kappa shape index (κ2) is 10.6. The average Bonchev–Trinajstić information content (AvgIpc) is 2.67. The summed E-state index contributed by atoms with van der Waals surface area (Å²) in [5, 5.41) is 2.87. The molecule has 0 aliphatic heterocycles. The topological polar surface area (TPSA) is 84.5 Å². The zero-order valence-electron chi connectivity index (χ0n) is 15.9. The number of amides is 1. The van der Waals surface area contributed by atoms with Crippen LogP contribution in [0.3, 0.4) is 0 Å². The van der Waals surface area contributed by atoms with Crippen LogP contribution in [0.4, 0.5) is 0 Å². The maximum absolute atomic E-state index is 12.1. The first kappa shape index (κ1) is 22.4. The normalized spacial score (nSPS) is 12.4. The van der Waals surface area contributed by atoms with Gasteiger partial charge in [0.25, 0.3) is 5.91 Å². The fourth-order valence-corrected chi connectivity index (χ4v) is 3.79. The summed E-state index contributed by atoms with van der Waals surface area (Å²) in [6.45, 7) is 4.15. The van der Waals surface area contributed by atoms with Gasteiger partial charge >= 0.3 is 0 Å². The lowest BCUT2D eigenvalue weighted by Crippen LogP contribution is -2.31. The molecule has 2 aromatic rings. The van der Waals surface area contributed by atoms with E-state index in [-0.39, 0.29) is 23.5 Å². The number of carbonyl (C=O) groups excluding carboxylic acids is 1. The lowest BCUT2D eigenvalue weighted by molar-refractivity contribution is -0.123. The Bertz CT molecular complexity index is 868. The van der Waals surface area contributed by atoms with Crippen LogP contribution in [0.25, 0.3) is 0 Å². The van der Waals surface area contributed by atoms with E-state index in [0.29, 0.717) is 12.3 Å². The Balaban J connectivity index is 1.85. The Morgan fingerprint density at radius 3 is 2.36 bits per heavy atom. The number of rotatable bonds is 10. The van der Waals surface area contributed by atoms with E-state index in [1.807, 2.05) is 38.1 Å². The molecule has 0 radical (unpaired) electrons. The van der Waals surface area contributed by atoms with E-state index in [2.05, 4.69) is 26.0 Å². The van der Waals surface area contributed by atoms with Gasteiger partial charge in [0.1, 0.15) is 5.75 Å². The summed E-state index contributed by atoms with van der Waals surface area (Å²) in [5.41, 5.74) is 0.988. The van der Waals surface area contributed by atoms with Crippen molar-refractivity contribution < 1.29 is 17.9 Å². The van der Waals surface area contributed by atoms with Gasteiger partial charge in [-0.15, -0.1) is 0 Å². The van der Waals surface area contributed by atoms with Crippen molar-refractivity contribution in [1.29, 1.82) is 0 Å². The molecule has 2 aromatic carbocycles. The molecule has 28 heavy (non-hydrogen) atoms. The van der Waals surface area contributed by atoms with Gasteiger partial charge in [-0.2, -0.15) is 0 Å². The number of sulfonamides is 1. The van der Waals surface area contributed by atoms with Crippen LogP contribution in [-0.2, 0) is 14.8 Å². The van der Waals surface area contributed by atoms with E-state index in [1.54, 1.807) is 12.1 Å². The first-order valence-corrected chi connectivity index (χ1v) is 11.4. The molecule has 0 aliphatic carbocycles. The third-order valence-corrected chi connectivity index (χ3v) is 6.08. The number of ether oxygens (including phenoxy) is 1.